The van der Waals surface area contributed by atoms with Gasteiger partial charge in [0.25, 0.3) is 0 Å². The average molecular weight is 534 g/mol. The highest BCUT2D eigenvalue weighted by Crippen LogP contribution is 2.59. The number of alkyl carbamates (subject to hydrolysis) is 1. The minimum Gasteiger partial charge on any atom is -0.443 e. The lowest BCUT2D eigenvalue weighted by molar-refractivity contribution is -0.118. The Morgan fingerprint density at radius 1 is 1.24 bits per heavy atom. The van der Waals surface area contributed by atoms with E-state index in [4.69, 9.17) is 18.9 Å². The topological polar surface area (TPSA) is 87.9 Å². The third-order valence-electron chi connectivity index (χ3n) is 9.04. The fourth-order valence-corrected chi connectivity index (χ4v) is 6.73. The predicted octanol–water partition coefficient (Wildman–Crippen LogP) is 4.40. The Bertz CT molecular complexity index is 875. The number of nitrogens with one attached hydrogen (secondary N) is 2. The third kappa shape index (κ3) is 6.57. The van der Waals surface area contributed by atoms with Crippen LogP contribution >= 0.6 is 0 Å². The molecule has 4 rings (SSSR count). The van der Waals surface area contributed by atoms with Crippen molar-refractivity contribution < 1.29 is 23.7 Å². The van der Waals surface area contributed by atoms with Crippen molar-refractivity contribution >= 4 is 6.09 Å². The van der Waals surface area contributed by atoms with Gasteiger partial charge in [0.2, 0.25) is 0 Å². The van der Waals surface area contributed by atoms with Crippen molar-refractivity contribution in [2.24, 2.45) is 11.8 Å². The van der Waals surface area contributed by atoms with Crippen LogP contribution in [0.2, 0.25) is 0 Å². The Hall–Kier alpha value is -1.61. The van der Waals surface area contributed by atoms with Crippen molar-refractivity contribution in [3.8, 4) is 0 Å². The number of nitrogens with zero attached hydrogens (tertiary/aromatic N) is 1. The van der Waals surface area contributed by atoms with Crippen molar-refractivity contribution in [1.29, 1.82) is 0 Å². The Morgan fingerprint density at radius 3 is 2.53 bits per heavy atom. The molecule has 1 aliphatic carbocycles. The maximum atomic E-state index is 13.3. The summed E-state index contributed by atoms with van der Waals surface area (Å²) in [6.07, 6.45) is 8.40. The lowest BCUT2D eigenvalue weighted by Gasteiger charge is -2.42. The van der Waals surface area contributed by atoms with E-state index in [1.165, 1.54) is 31.5 Å². The fraction of sp³-hybridized carbons (Fsp3) is 0.833. The number of likely N-dealkylation sites (tertiary alicyclic amines) is 1. The second kappa shape index (κ2) is 12.3. The molecule has 0 aromatic heterocycles. The number of amides is 1. The Kier molecular flexibility index (Phi) is 9.49. The summed E-state index contributed by atoms with van der Waals surface area (Å²) in [7, 11) is 1.71. The summed E-state index contributed by atoms with van der Waals surface area (Å²) in [6, 6.07) is -0.151. The van der Waals surface area contributed by atoms with Crippen LogP contribution in [0.15, 0.2) is 23.4 Å². The molecule has 3 heterocycles. The van der Waals surface area contributed by atoms with E-state index in [2.05, 4.69) is 62.3 Å². The molecule has 2 N–H and O–H groups in total. The molecule has 7 atom stereocenters. The molecule has 0 unspecified atom stereocenters. The molecule has 8 nitrogen and oxygen atoms in total. The largest absolute Gasteiger partial charge is 0.443 e. The first-order valence-corrected chi connectivity index (χ1v) is 14.7. The molecule has 0 bridgehead atoms. The molecule has 8 heteroatoms. The fourth-order valence-electron chi connectivity index (χ4n) is 6.73. The van der Waals surface area contributed by atoms with Crippen molar-refractivity contribution in [2.45, 2.75) is 109 Å². The molecular weight excluding hydrogens is 482 g/mol. The number of carbonyl (C=O) groups is 1. The maximum absolute atomic E-state index is 13.3. The molecule has 4 fully saturated rings. The highest BCUT2D eigenvalue weighted by molar-refractivity contribution is 5.68. The first kappa shape index (κ1) is 29.4. The molecule has 0 aromatic carbocycles. The van der Waals surface area contributed by atoms with Gasteiger partial charge in [0, 0.05) is 25.9 Å². The van der Waals surface area contributed by atoms with E-state index in [0.29, 0.717) is 13.0 Å². The van der Waals surface area contributed by atoms with E-state index in [-0.39, 0.29) is 47.4 Å². The highest BCUT2D eigenvalue weighted by atomic mass is 16.6. The number of allylic oxidation sites excluding steroid dienone is 2. The van der Waals surface area contributed by atoms with Crippen LogP contribution in [0, 0.1) is 11.8 Å². The van der Waals surface area contributed by atoms with Crippen molar-refractivity contribution in [2.75, 3.05) is 39.9 Å². The van der Waals surface area contributed by atoms with Crippen LogP contribution in [0.25, 0.3) is 0 Å². The molecule has 1 spiro atoms. The van der Waals surface area contributed by atoms with Crippen LogP contribution in [0.3, 0.4) is 0 Å². The van der Waals surface area contributed by atoms with Gasteiger partial charge in [-0.1, -0.05) is 31.6 Å². The molecule has 38 heavy (non-hydrogen) atoms. The van der Waals surface area contributed by atoms with E-state index in [9.17, 15) is 4.79 Å². The van der Waals surface area contributed by atoms with E-state index >= 15 is 0 Å². The molecule has 4 aliphatic rings. The van der Waals surface area contributed by atoms with Crippen LogP contribution in [-0.2, 0) is 18.9 Å². The van der Waals surface area contributed by atoms with Crippen molar-refractivity contribution in [3.05, 3.63) is 23.4 Å². The molecule has 3 aliphatic heterocycles. The van der Waals surface area contributed by atoms with Crippen LogP contribution in [0.5, 0.6) is 0 Å². The monoisotopic (exact) mass is 533 g/mol. The van der Waals surface area contributed by atoms with Crippen molar-refractivity contribution in [1.82, 2.24) is 15.5 Å². The number of rotatable bonds is 12. The SMILES string of the molecule is C/C=C(/NCCN1CCCC1)[C@H](NC(=O)O[C@@H]1CC[C@]2(CO2)[C@@H]([C@@]2(C)O[C@@H]2CC=C(C)C)[C@@H]1OC)C(C)C. The molecule has 0 aromatic rings. The number of hydrogen-bond donors (Lipinski definition) is 2. The molecule has 1 saturated carbocycles. The van der Waals surface area contributed by atoms with E-state index < -0.39 is 6.09 Å². The van der Waals surface area contributed by atoms with Gasteiger partial charge in [0.15, 0.2) is 0 Å². The smallest absolute Gasteiger partial charge is 0.408 e. The zero-order valence-corrected chi connectivity index (χ0v) is 24.7. The van der Waals surface area contributed by atoms with Gasteiger partial charge in [0.1, 0.15) is 23.4 Å². The molecule has 216 valence electrons. The standard InChI is InChI=1S/C30H51N3O5/c1-8-22(31-15-18-33-16-9-10-17-33)25(21(4)5)32-28(34)37-23-13-14-30(19-36-30)27(26(23)35-7)29(6)24(38-29)12-11-20(2)3/h8,11,21,23-27,31H,9-10,12-19H2,1-7H3,(H,32,34)/b22-8+/t23-,24-,25-,26-,27-,29+,30+/m1/s1. The van der Waals surface area contributed by atoms with E-state index in [1.54, 1.807) is 7.11 Å². The van der Waals surface area contributed by atoms with Crippen LogP contribution in [0.4, 0.5) is 4.79 Å². The Balaban J connectivity index is 1.37. The zero-order chi connectivity index (χ0) is 27.5. The summed E-state index contributed by atoms with van der Waals surface area (Å²) >= 11 is 0. The summed E-state index contributed by atoms with van der Waals surface area (Å²) in [5.41, 5.74) is 1.74. The van der Waals surface area contributed by atoms with Gasteiger partial charge >= 0.3 is 6.09 Å². The van der Waals surface area contributed by atoms with Crippen LogP contribution in [0.1, 0.15) is 73.6 Å². The number of epoxide rings is 2. The van der Waals surface area contributed by atoms with Gasteiger partial charge in [-0.25, -0.2) is 4.79 Å². The normalized spacial score (nSPS) is 35.7. The summed E-state index contributed by atoms with van der Waals surface area (Å²) in [5.74, 6) is 0.226. The minimum absolute atomic E-state index is 0.0151. The molecule has 1 amide bonds. The van der Waals surface area contributed by atoms with Crippen molar-refractivity contribution in [3.63, 3.8) is 0 Å². The number of carbonyl (C=O) groups excluding carboxylic acids is 1. The average Bonchev–Trinajstić information content (AvgIpc) is 3.72. The second-order valence-electron chi connectivity index (χ2n) is 12.4. The van der Waals surface area contributed by atoms with Gasteiger partial charge in [-0.3, -0.25) is 0 Å². The van der Waals surface area contributed by atoms with E-state index in [1.807, 2.05) is 6.92 Å². The number of ether oxygens (including phenoxy) is 4. The number of methoxy groups -OCH3 is 1. The van der Waals surface area contributed by atoms with E-state index in [0.717, 1.165) is 31.6 Å². The second-order valence-corrected chi connectivity index (χ2v) is 12.4. The summed E-state index contributed by atoms with van der Waals surface area (Å²) in [6.45, 7) is 17.6. The zero-order valence-electron chi connectivity index (χ0n) is 24.7. The molecular formula is C30H51N3O5. The summed E-state index contributed by atoms with van der Waals surface area (Å²) in [5, 5.41) is 6.73. The lowest BCUT2D eigenvalue weighted by Crippen LogP contribution is -2.56. The maximum Gasteiger partial charge on any atom is 0.408 e. The van der Waals surface area contributed by atoms with Gasteiger partial charge in [-0.15, -0.1) is 0 Å². The Labute approximate surface area is 229 Å². The quantitative estimate of drug-likeness (QED) is 0.284. The van der Waals surface area contributed by atoms with Gasteiger partial charge in [-0.2, -0.15) is 0 Å². The third-order valence-corrected chi connectivity index (χ3v) is 9.04. The summed E-state index contributed by atoms with van der Waals surface area (Å²) in [4.78, 5) is 15.7. The Morgan fingerprint density at radius 2 is 1.95 bits per heavy atom. The molecule has 3 saturated heterocycles. The first-order valence-electron chi connectivity index (χ1n) is 14.7. The minimum atomic E-state index is -0.397. The van der Waals surface area contributed by atoms with Gasteiger partial charge in [-0.05, 0) is 78.8 Å². The van der Waals surface area contributed by atoms with Crippen LogP contribution in [-0.4, -0.2) is 86.4 Å². The highest BCUT2D eigenvalue weighted by Gasteiger charge is 2.72. The van der Waals surface area contributed by atoms with Gasteiger partial charge < -0.3 is 34.5 Å². The summed E-state index contributed by atoms with van der Waals surface area (Å²) < 4.78 is 24.5. The number of hydrogen-bond acceptors (Lipinski definition) is 7. The molecule has 0 radical (unpaired) electrons. The predicted molar refractivity (Wildman–Crippen MR) is 149 cm³/mol. The lowest BCUT2D eigenvalue weighted by atomic mass is 9.68. The van der Waals surface area contributed by atoms with Crippen LogP contribution < -0.4 is 10.6 Å². The first-order chi connectivity index (χ1) is 18.1. The van der Waals surface area contributed by atoms with Gasteiger partial charge in [0.05, 0.1) is 24.7 Å².